The van der Waals surface area contributed by atoms with E-state index in [1.54, 1.807) is 0 Å². The minimum atomic E-state index is -0.215. The molecule has 92 valence electrons. The molecule has 0 aliphatic carbocycles. The number of unbranched alkanes of at least 4 members (excludes halogenated alkanes) is 1. The molecule has 0 amide bonds. The fourth-order valence-corrected chi connectivity index (χ4v) is 1.04. The van der Waals surface area contributed by atoms with Crippen LogP contribution in [0.4, 0.5) is 0 Å². The molecule has 2 nitrogen and oxygen atoms in total. The molecule has 0 saturated heterocycles. The number of allylic oxidation sites excluding steroid dienone is 2. The maximum absolute atomic E-state index is 10.5. The fraction of sp³-hybridized carbons (Fsp3) is 0.533. The second-order valence-electron chi connectivity index (χ2n) is 3.40. The first-order valence-electron chi connectivity index (χ1n) is 5.97. The van der Waals surface area contributed by atoms with Gasteiger partial charge in [0.1, 0.15) is 0 Å². The first-order valence-corrected chi connectivity index (χ1v) is 5.97. The molecule has 0 radical (unpaired) electrons. The summed E-state index contributed by atoms with van der Waals surface area (Å²) in [6.07, 6.45) is 8.21. The van der Waals surface area contributed by atoms with E-state index < -0.39 is 0 Å². The minimum absolute atomic E-state index is 0.215. The van der Waals surface area contributed by atoms with E-state index in [-0.39, 0.29) is 5.97 Å². The molecule has 0 spiro atoms. The van der Waals surface area contributed by atoms with Crippen molar-refractivity contribution in [3.05, 3.63) is 12.2 Å². The summed E-state index contributed by atoms with van der Waals surface area (Å²) in [5, 5.41) is 0. The zero-order valence-electron chi connectivity index (χ0n) is 10.7. The van der Waals surface area contributed by atoms with Gasteiger partial charge in [0.25, 0.3) is 0 Å². The smallest absolute Gasteiger partial charge is 0.302 e. The van der Waals surface area contributed by atoms with Gasteiger partial charge in [-0.2, -0.15) is 0 Å². The van der Waals surface area contributed by atoms with Crippen LogP contribution in [0.3, 0.4) is 0 Å². The first-order chi connectivity index (χ1) is 8.27. The van der Waals surface area contributed by atoms with Crippen LogP contribution >= 0.6 is 0 Å². The molecule has 0 aromatic rings. The van der Waals surface area contributed by atoms with Gasteiger partial charge in [-0.1, -0.05) is 36.8 Å². The third-order valence-corrected chi connectivity index (χ3v) is 1.81. The van der Waals surface area contributed by atoms with E-state index in [9.17, 15) is 4.79 Å². The van der Waals surface area contributed by atoms with Crippen LogP contribution in [0.15, 0.2) is 12.2 Å². The molecule has 0 bridgehead atoms. The Morgan fingerprint density at radius 3 is 2.65 bits per heavy atom. The van der Waals surface area contributed by atoms with E-state index in [2.05, 4.69) is 29.8 Å². The highest BCUT2D eigenvalue weighted by atomic mass is 16.5. The normalized spacial score (nSPS) is 9.06. The van der Waals surface area contributed by atoms with Gasteiger partial charge in [-0.15, -0.1) is 5.92 Å². The summed E-state index contributed by atoms with van der Waals surface area (Å²) in [6, 6.07) is 0. The van der Waals surface area contributed by atoms with Gasteiger partial charge in [-0.3, -0.25) is 4.79 Å². The minimum Gasteiger partial charge on any atom is -0.466 e. The molecule has 0 aromatic carbocycles. The van der Waals surface area contributed by atoms with Crippen molar-refractivity contribution in [2.45, 2.75) is 46.0 Å². The van der Waals surface area contributed by atoms with Crippen molar-refractivity contribution in [2.75, 3.05) is 6.61 Å². The van der Waals surface area contributed by atoms with Crippen LogP contribution < -0.4 is 0 Å². The summed E-state index contributed by atoms with van der Waals surface area (Å²) in [5.74, 6) is 11.7. The zero-order valence-corrected chi connectivity index (χ0v) is 10.7. The predicted octanol–water partition coefficient (Wildman–Crippen LogP) is 3.08. The monoisotopic (exact) mass is 232 g/mol. The highest BCUT2D eigenvalue weighted by Gasteiger charge is 1.89. The third kappa shape index (κ3) is 14.3. The van der Waals surface area contributed by atoms with E-state index in [1.165, 1.54) is 6.92 Å². The molecule has 0 aliphatic heterocycles. The van der Waals surface area contributed by atoms with Crippen LogP contribution in [0.5, 0.6) is 0 Å². The summed E-state index contributed by atoms with van der Waals surface area (Å²) >= 11 is 0. The van der Waals surface area contributed by atoms with Crippen LogP contribution in [-0.4, -0.2) is 12.6 Å². The van der Waals surface area contributed by atoms with Crippen LogP contribution in [0, 0.1) is 23.7 Å². The number of carbonyl (C=O) groups is 1. The van der Waals surface area contributed by atoms with Gasteiger partial charge >= 0.3 is 5.97 Å². The standard InChI is InChI=1S/C15H20O2/c1-3-4-5-6-7-8-9-10-11-12-13-14-17-15(2)16/h10-11H,3,6,9,12-14H2,1-2H3. The summed E-state index contributed by atoms with van der Waals surface area (Å²) in [6.45, 7) is 3.95. The lowest BCUT2D eigenvalue weighted by atomic mass is 10.2. The van der Waals surface area contributed by atoms with Crippen molar-refractivity contribution in [3.63, 3.8) is 0 Å². The Morgan fingerprint density at radius 1 is 1.18 bits per heavy atom. The average Bonchev–Trinajstić information content (AvgIpc) is 2.30. The van der Waals surface area contributed by atoms with Gasteiger partial charge in [0.15, 0.2) is 0 Å². The lowest BCUT2D eigenvalue weighted by molar-refractivity contribution is -0.141. The highest BCUT2D eigenvalue weighted by molar-refractivity contribution is 5.65. The predicted molar refractivity (Wildman–Crippen MR) is 70.1 cm³/mol. The molecular weight excluding hydrogens is 212 g/mol. The van der Waals surface area contributed by atoms with E-state index in [0.29, 0.717) is 13.0 Å². The number of carbonyl (C=O) groups excluding carboxylic acids is 1. The molecule has 0 aromatic heterocycles. The van der Waals surface area contributed by atoms with Crippen LogP contribution in [0.25, 0.3) is 0 Å². The summed E-state index contributed by atoms with van der Waals surface area (Å²) < 4.78 is 4.81. The van der Waals surface area contributed by atoms with Crippen molar-refractivity contribution < 1.29 is 9.53 Å². The maximum atomic E-state index is 10.5. The fourth-order valence-electron chi connectivity index (χ4n) is 1.04. The molecule has 0 atom stereocenters. The topological polar surface area (TPSA) is 26.3 Å². The Bertz CT molecular complexity index is 345. The Kier molecular flexibility index (Phi) is 11.2. The molecule has 17 heavy (non-hydrogen) atoms. The molecule has 0 rings (SSSR count). The van der Waals surface area contributed by atoms with Crippen molar-refractivity contribution in [2.24, 2.45) is 0 Å². The Morgan fingerprint density at radius 2 is 1.94 bits per heavy atom. The number of hydrogen-bond donors (Lipinski definition) is 0. The SMILES string of the molecule is CCC#CCC#CCC=CCCCOC(C)=O. The zero-order chi connectivity index (χ0) is 12.8. The van der Waals surface area contributed by atoms with Crippen LogP contribution in [0.2, 0.25) is 0 Å². The molecule has 0 heterocycles. The van der Waals surface area contributed by atoms with Gasteiger partial charge in [-0.25, -0.2) is 0 Å². The maximum Gasteiger partial charge on any atom is 0.302 e. The molecule has 0 saturated carbocycles. The Balaban J connectivity index is 3.39. The average molecular weight is 232 g/mol. The lowest BCUT2D eigenvalue weighted by Gasteiger charge is -1.97. The highest BCUT2D eigenvalue weighted by Crippen LogP contribution is 1.93. The Labute approximate surface area is 104 Å². The lowest BCUT2D eigenvalue weighted by Crippen LogP contribution is -1.99. The molecule has 0 N–H and O–H groups in total. The number of rotatable bonds is 5. The van der Waals surface area contributed by atoms with Crippen molar-refractivity contribution >= 4 is 5.97 Å². The van der Waals surface area contributed by atoms with Gasteiger partial charge in [0.05, 0.1) is 13.0 Å². The second kappa shape index (κ2) is 12.4. The number of hydrogen-bond acceptors (Lipinski definition) is 2. The van der Waals surface area contributed by atoms with E-state index in [1.807, 2.05) is 13.0 Å². The van der Waals surface area contributed by atoms with Gasteiger partial charge < -0.3 is 4.74 Å². The Hall–Kier alpha value is -1.67. The summed E-state index contributed by atoms with van der Waals surface area (Å²) in [4.78, 5) is 10.5. The molecule has 0 unspecified atom stereocenters. The number of ether oxygens (including phenoxy) is 1. The van der Waals surface area contributed by atoms with Crippen molar-refractivity contribution in [3.8, 4) is 23.7 Å². The summed E-state index contributed by atoms with van der Waals surface area (Å²) in [7, 11) is 0. The van der Waals surface area contributed by atoms with Crippen LogP contribution in [-0.2, 0) is 9.53 Å². The van der Waals surface area contributed by atoms with E-state index in [0.717, 1.165) is 25.7 Å². The first kappa shape index (κ1) is 15.3. The quantitative estimate of drug-likeness (QED) is 0.315. The molecule has 0 aliphatic rings. The second-order valence-corrected chi connectivity index (χ2v) is 3.40. The van der Waals surface area contributed by atoms with Crippen LogP contribution in [0.1, 0.15) is 46.0 Å². The third-order valence-electron chi connectivity index (χ3n) is 1.81. The molecular formula is C15H20O2. The van der Waals surface area contributed by atoms with Crippen molar-refractivity contribution in [1.82, 2.24) is 0 Å². The van der Waals surface area contributed by atoms with Gasteiger partial charge in [-0.05, 0) is 12.8 Å². The largest absolute Gasteiger partial charge is 0.466 e. The van der Waals surface area contributed by atoms with Gasteiger partial charge in [0, 0.05) is 19.8 Å². The van der Waals surface area contributed by atoms with E-state index in [4.69, 9.17) is 4.74 Å². The van der Waals surface area contributed by atoms with Gasteiger partial charge in [0.2, 0.25) is 0 Å². The molecule has 0 fully saturated rings. The van der Waals surface area contributed by atoms with E-state index >= 15 is 0 Å². The number of esters is 1. The van der Waals surface area contributed by atoms with Crippen molar-refractivity contribution in [1.29, 1.82) is 0 Å². The molecule has 2 heteroatoms. The summed E-state index contributed by atoms with van der Waals surface area (Å²) in [5.41, 5.74) is 0.